The Hall–Kier alpha value is -2.48. The smallest absolute Gasteiger partial charge is 0.326 e. The van der Waals surface area contributed by atoms with E-state index in [2.05, 4.69) is 5.32 Å². The van der Waals surface area contributed by atoms with E-state index >= 15 is 0 Å². The highest BCUT2D eigenvalue weighted by Gasteiger charge is 2.34. The van der Waals surface area contributed by atoms with Crippen molar-refractivity contribution in [3.63, 3.8) is 0 Å². The summed E-state index contributed by atoms with van der Waals surface area (Å²) in [6.45, 7) is 2.33. The molecule has 1 N–H and O–H groups in total. The first kappa shape index (κ1) is 20.8. The van der Waals surface area contributed by atoms with Crippen molar-refractivity contribution in [3.05, 3.63) is 53.6 Å². The Morgan fingerprint density at radius 2 is 1.77 bits per heavy atom. The van der Waals surface area contributed by atoms with Gasteiger partial charge in [0.15, 0.2) is 0 Å². The number of alkyl halides is 3. The topological polar surface area (TPSA) is 49.4 Å². The number of carbonyl (C=O) groups is 2. The lowest BCUT2D eigenvalue weighted by atomic mass is 10.1. The summed E-state index contributed by atoms with van der Waals surface area (Å²) in [4.78, 5) is 27.2. The van der Waals surface area contributed by atoms with Gasteiger partial charge in [0.05, 0.1) is 11.3 Å². The third-order valence-corrected chi connectivity index (χ3v) is 6.49. The van der Waals surface area contributed by atoms with Gasteiger partial charge >= 0.3 is 6.18 Å². The first-order valence-electron chi connectivity index (χ1n) is 9.83. The van der Waals surface area contributed by atoms with E-state index in [1.807, 2.05) is 6.92 Å². The van der Waals surface area contributed by atoms with Crippen molar-refractivity contribution in [3.8, 4) is 0 Å². The minimum Gasteiger partial charge on any atom is -0.326 e. The van der Waals surface area contributed by atoms with Crippen molar-refractivity contribution >= 4 is 35.0 Å². The zero-order valence-corrected chi connectivity index (χ0v) is 17.1. The zero-order chi connectivity index (χ0) is 21.5. The van der Waals surface area contributed by atoms with E-state index in [1.54, 1.807) is 24.3 Å². The van der Waals surface area contributed by atoms with Gasteiger partial charge in [-0.15, -0.1) is 11.8 Å². The van der Waals surface area contributed by atoms with E-state index in [1.165, 1.54) is 22.7 Å². The summed E-state index contributed by atoms with van der Waals surface area (Å²) in [5.74, 6) is -0.311. The highest BCUT2D eigenvalue weighted by atomic mass is 32.2. The standard InChI is InChI=1S/C22H21F3N2O2S/c1-13-10-11-27(18-12-16(22(23,24)25)6-9-19(18)30-13)21(29)15-4-7-17(8-5-15)26-20(28)14-2-3-14/h4-9,12-14H,2-3,10-11H2,1H3,(H,26,28). The molecule has 1 saturated carbocycles. The van der Waals surface area contributed by atoms with Gasteiger partial charge in [-0.1, -0.05) is 6.92 Å². The zero-order valence-electron chi connectivity index (χ0n) is 16.3. The van der Waals surface area contributed by atoms with Gasteiger partial charge in [0, 0.05) is 33.9 Å². The average molecular weight is 434 g/mol. The molecule has 4 rings (SSSR count). The third-order valence-electron chi connectivity index (χ3n) is 5.26. The third kappa shape index (κ3) is 4.48. The van der Waals surface area contributed by atoms with Crippen LogP contribution in [0.25, 0.3) is 0 Å². The molecule has 0 bridgehead atoms. The Morgan fingerprint density at radius 3 is 2.40 bits per heavy atom. The summed E-state index contributed by atoms with van der Waals surface area (Å²) in [5, 5.41) is 2.99. The van der Waals surface area contributed by atoms with Gasteiger partial charge in [0.2, 0.25) is 5.91 Å². The Labute approximate surface area is 176 Å². The average Bonchev–Trinajstić information content (AvgIpc) is 3.54. The Bertz CT molecular complexity index is 971. The van der Waals surface area contributed by atoms with Gasteiger partial charge in [0.1, 0.15) is 0 Å². The van der Waals surface area contributed by atoms with Crippen LogP contribution in [0.1, 0.15) is 42.1 Å². The van der Waals surface area contributed by atoms with E-state index < -0.39 is 11.7 Å². The number of carbonyl (C=O) groups excluding carboxylic acids is 2. The fourth-order valence-corrected chi connectivity index (χ4v) is 4.46. The molecule has 2 aliphatic rings. The molecule has 30 heavy (non-hydrogen) atoms. The molecule has 4 nitrogen and oxygen atoms in total. The van der Waals surface area contributed by atoms with E-state index in [-0.39, 0.29) is 28.7 Å². The summed E-state index contributed by atoms with van der Waals surface area (Å²) in [6, 6.07) is 10.1. The fraction of sp³-hybridized carbons (Fsp3) is 0.364. The number of benzene rings is 2. The Kier molecular flexibility index (Phi) is 5.53. The fourth-order valence-electron chi connectivity index (χ4n) is 3.36. The number of rotatable bonds is 3. The summed E-state index contributed by atoms with van der Waals surface area (Å²) in [7, 11) is 0. The highest BCUT2D eigenvalue weighted by molar-refractivity contribution is 8.00. The van der Waals surface area contributed by atoms with Crippen LogP contribution in [-0.2, 0) is 11.0 Å². The van der Waals surface area contributed by atoms with Crippen LogP contribution in [-0.4, -0.2) is 23.6 Å². The lowest BCUT2D eigenvalue weighted by Crippen LogP contribution is -2.32. The van der Waals surface area contributed by atoms with E-state index in [0.717, 1.165) is 25.0 Å². The molecule has 1 unspecified atom stereocenters. The van der Waals surface area contributed by atoms with E-state index in [0.29, 0.717) is 29.1 Å². The van der Waals surface area contributed by atoms with E-state index in [9.17, 15) is 22.8 Å². The Morgan fingerprint density at radius 1 is 1.07 bits per heavy atom. The normalized spacial score (nSPS) is 19.1. The maximum atomic E-state index is 13.3. The van der Waals surface area contributed by atoms with Crippen LogP contribution in [0.3, 0.4) is 0 Å². The van der Waals surface area contributed by atoms with Crippen molar-refractivity contribution in [2.45, 2.75) is 42.5 Å². The van der Waals surface area contributed by atoms with Gasteiger partial charge in [0.25, 0.3) is 5.91 Å². The predicted molar refractivity (Wildman–Crippen MR) is 111 cm³/mol. The lowest BCUT2D eigenvalue weighted by Gasteiger charge is -2.24. The highest BCUT2D eigenvalue weighted by Crippen LogP contribution is 2.41. The summed E-state index contributed by atoms with van der Waals surface area (Å²) in [6.07, 6.45) is -2.02. The number of hydrogen-bond donors (Lipinski definition) is 1. The van der Waals surface area contributed by atoms with Crippen LogP contribution in [0.5, 0.6) is 0 Å². The van der Waals surface area contributed by atoms with Crippen LogP contribution in [0.2, 0.25) is 0 Å². The van der Waals surface area contributed by atoms with Gasteiger partial charge in [-0.3, -0.25) is 9.59 Å². The van der Waals surface area contributed by atoms with Gasteiger partial charge in [-0.2, -0.15) is 13.2 Å². The number of anilines is 2. The number of nitrogens with one attached hydrogen (secondary N) is 1. The van der Waals surface area contributed by atoms with Crippen LogP contribution < -0.4 is 10.2 Å². The number of halogens is 3. The van der Waals surface area contributed by atoms with Gasteiger partial charge < -0.3 is 10.2 Å². The molecule has 1 aliphatic carbocycles. The molecule has 2 aromatic carbocycles. The number of fused-ring (bicyclic) bond motifs is 1. The number of thioether (sulfide) groups is 1. The maximum Gasteiger partial charge on any atom is 0.416 e. The minimum atomic E-state index is -4.48. The second-order valence-corrected chi connectivity index (χ2v) is 9.18. The van der Waals surface area contributed by atoms with E-state index in [4.69, 9.17) is 0 Å². The molecule has 158 valence electrons. The SMILES string of the molecule is CC1CCN(C(=O)c2ccc(NC(=O)C3CC3)cc2)c2cc(C(F)(F)F)ccc2S1. The van der Waals surface area contributed by atoms with Gasteiger partial charge in [-0.05, 0) is 61.7 Å². The molecule has 0 radical (unpaired) electrons. The number of hydrogen-bond acceptors (Lipinski definition) is 3. The monoisotopic (exact) mass is 434 g/mol. The predicted octanol–water partition coefficient (Wildman–Crippen LogP) is 5.59. The van der Waals surface area contributed by atoms with Crippen molar-refractivity contribution in [2.24, 2.45) is 5.92 Å². The van der Waals surface area contributed by atoms with Crippen molar-refractivity contribution in [1.29, 1.82) is 0 Å². The quantitative estimate of drug-likeness (QED) is 0.686. The largest absolute Gasteiger partial charge is 0.416 e. The summed E-state index contributed by atoms with van der Waals surface area (Å²) in [5.41, 5.74) is 0.480. The molecule has 2 aromatic rings. The van der Waals surface area contributed by atoms with Gasteiger partial charge in [-0.25, -0.2) is 0 Å². The van der Waals surface area contributed by atoms with Crippen LogP contribution in [0.15, 0.2) is 47.4 Å². The molecular weight excluding hydrogens is 413 g/mol. The molecule has 1 aliphatic heterocycles. The van der Waals surface area contributed by atoms with Crippen LogP contribution in [0.4, 0.5) is 24.5 Å². The lowest BCUT2D eigenvalue weighted by molar-refractivity contribution is -0.137. The first-order chi connectivity index (χ1) is 14.2. The summed E-state index contributed by atoms with van der Waals surface area (Å²) >= 11 is 1.48. The van der Waals surface area contributed by atoms with Crippen molar-refractivity contribution < 1.29 is 22.8 Å². The number of amides is 2. The molecule has 0 spiro atoms. The second kappa shape index (κ2) is 7.98. The molecule has 1 heterocycles. The molecular formula is C22H21F3N2O2S. The second-order valence-electron chi connectivity index (χ2n) is 7.70. The Balaban J connectivity index is 1.61. The maximum absolute atomic E-state index is 13.3. The minimum absolute atomic E-state index is 0.0267. The molecule has 0 saturated heterocycles. The molecule has 0 aromatic heterocycles. The molecule has 8 heteroatoms. The van der Waals surface area contributed by atoms with Crippen LogP contribution in [0, 0.1) is 5.92 Å². The van der Waals surface area contributed by atoms with Crippen molar-refractivity contribution in [2.75, 3.05) is 16.8 Å². The molecule has 1 fully saturated rings. The number of nitrogens with zero attached hydrogens (tertiary/aromatic N) is 1. The molecule has 1 atom stereocenters. The first-order valence-corrected chi connectivity index (χ1v) is 10.7. The van der Waals surface area contributed by atoms with Crippen molar-refractivity contribution in [1.82, 2.24) is 0 Å². The molecule has 2 amide bonds. The summed E-state index contributed by atoms with van der Waals surface area (Å²) < 4.78 is 39.8. The van der Waals surface area contributed by atoms with Crippen LogP contribution >= 0.6 is 11.8 Å².